The second kappa shape index (κ2) is 18.5. The maximum absolute atomic E-state index is 14.7. The fraction of sp³-hybridized carbons (Fsp3) is 0.348. The summed E-state index contributed by atoms with van der Waals surface area (Å²) in [5, 5.41) is 9.18. The predicted molar refractivity (Wildman–Crippen MR) is 218 cm³/mol. The molecule has 2 saturated heterocycles. The largest absolute Gasteiger partial charge is 0.368 e. The van der Waals surface area contributed by atoms with E-state index in [0.717, 1.165) is 47.6 Å². The van der Waals surface area contributed by atoms with Crippen LogP contribution in [0.1, 0.15) is 60.1 Å². The van der Waals surface area contributed by atoms with E-state index in [9.17, 15) is 19.6 Å². The fourth-order valence-corrected chi connectivity index (χ4v) is 7.33. The highest BCUT2D eigenvalue weighted by molar-refractivity contribution is 5.96. The van der Waals surface area contributed by atoms with Crippen molar-refractivity contribution in [1.82, 2.24) is 19.6 Å². The minimum Gasteiger partial charge on any atom is -0.368 e. The molecule has 0 aliphatic carbocycles. The molecule has 2 aliphatic rings. The van der Waals surface area contributed by atoms with Gasteiger partial charge in [-0.25, -0.2) is 0 Å². The Hall–Kier alpha value is -5.72. The third-order valence-corrected chi connectivity index (χ3v) is 10.8. The van der Waals surface area contributed by atoms with Gasteiger partial charge in [-0.15, -0.1) is 0 Å². The first-order valence-corrected chi connectivity index (χ1v) is 19.4. The van der Waals surface area contributed by atoms with Gasteiger partial charge in [0.25, 0.3) is 0 Å². The van der Waals surface area contributed by atoms with E-state index in [1.807, 2.05) is 94.7 Å². The van der Waals surface area contributed by atoms with Crippen molar-refractivity contribution >= 4 is 29.5 Å². The van der Waals surface area contributed by atoms with Crippen LogP contribution in [-0.2, 0) is 33.9 Å². The smallest absolute Gasteiger partial charge is 0.247 e. The summed E-state index contributed by atoms with van der Waals surface area (Å²) < 4.78 is 0. The molecule has 3 amide bonds. The van der Waals surface area contributed by atoms with Gasteiger partial charge in [0, 0.05) is 90.6 Å². The molecule has 284 valence electrons. The number of piperazine rings is 2. The van der Waals surface area contributed by atoms with E-state index < -0.39 is 6.04 Å². The Bertz CT molecular complexity index is 1950. The van der Waals surface area contributed by atoms with Gasteiger partial charge in [0.1, 0.15) is 6.04 Å². The number of benzene rings is 4. The van der Waals surface area contributed by atoms with Gasteiger partial charge >= 0.3 is 0 Å². The van der Waals surface area contributed by atoms with Crippen molar-refractivity contribution in [2.45, 2.75) is 52.2 Å². The lowest BCUT2D eigenvalue weighted by atomic mass is 10.0. The summed E-state index contributed by atoms with van der Waals surface area (Å²) in [5.74, 6) is 0.247. The lowest BCUT2D eigenvalue weighted by molar-refractivity contribution is -0.145. The van der Waals surface area contributed by atoms with Crippen molar-refractivity contribution < 1.29 is 14.4 Å². The first kappa shape index (κ1) is 39.0. The molecule has 2 aliphatic heterocycles. The van der Waals surface area contributed by atoms with E-state index >= 15 is 0 Å². The van der Waals surface area contributed by atoms with Crippen LogP contribution < -0.4 is 4.90 Å². The predicted octanol–water partition coefficient (Wildman–Crippen LogP) is 6.35. The van der Waals surface area contributed by atoms with Crippen LogP contribution in [0.3, 0.4) is 0 Å². The minimum atomic E-state index is -0.715. The number of hydrogen-bond donors (Lipinski definition) is 0. The zero-order chi connectivity index (χ0) is 38.7. The van der Waals surface area contributed by atoms with E-state index in [-0.39, 0.29) is 24.3 Å². The van der Waals surface area contributed by atoms with Gasteiger partial charge in [-0.05, 0) is 64.1 Å². The molecular weight excluding hydrogens is 685 g/mol. The second-order valence-electron chi connectivity index (χ2n) is 14.9. The zero-order valence-electron chi connectivity index (χ0n) is 32.3. The van der Waals surface area contributed by atoms with Crippen LogP contribution in [0.15, 0.2) is 109 Å². The van der Waals surface area contributed by atoms with Crippen molar-refractivity contribution in [2.24, 2.45) is 0 Å². The van der Waals surface area contributed by atoms with Crippen molar-refractivity contribution in [2.75, 3.05) is 57.3 Å². The normalized spacial score (nSPS) is 15.6. The number of nitrogens with zero attached hydrogens (tertiary/aromatic N) is 6. The number of carbonyl (C=O) groups excluding carboxylic acids is 3. The Balaban J connectivity index is 1.24. The average Bonchev–Trinajstić information content (AvgIpc) is 3.22. The molecule has 6 rings (SSSR count). The Kier molecular flexibility index (Phi) is 13.1. The highest BCUT2D eigenvalue weighted by Gasteiger charge is 2.34. The molecule has 0 N–H and O–H groups in total. The summed E-state index contributed by atoms with van der Waals surface area (Å²) in [6.45, 7) is 12.4. The van der Waals surface area contributed by atoms with Crippen LogP contribution in [0.25, 0.3) is 6.08 Å². The molecule has 9 heteroatoms. The van der Waals surface area contributed by atoms with Gasteiger partial charge in [0.15, 0.2) is 0 Å². The molecule has 2 fully saturated rings. The first-order valence-electron chi connectivity index (χ1n) is 19.4. The summed E-state index contributed by atoms with van der Waals surface area (Å²) in [4.78, 5) is 51.1. The maximum Gasteiger partial charge on any atom is 0.247 e. The van der Waals surface area contributed by atoms with Crippen molar-refractivity contribution in [3.8, 4) is 6.07 Å². The summed E-state index contributed by atoms with van der Waals surface area (Å²) >= 11 is 0. The van der Waals surface area contributed by atoms with E-state index in [4.69, 9.17) is 0 Å². The standard InChI is InChI=1S/C46H52N6O3/c1-35(2)42-18-13-37(14-19-42)17-22-45(54)52(34-41-15-20-43(21-16-41)50-29-27-49(28-30-50)36(3)53)44(31-38-7-5-4-6-8-38)46(55)51-25-23-48(24-26-51)33-40-11-9-39(32-47)10-12-40/h4-22,35,44H,23-31,33-34H2,1-3H3/t44-/m0/s1. The number of nitriles is 1. The van der Waals surface area contributed by atoms with Gasteiger partial charge in [0.05, 0.1) is 11.6 Å². The molecule has 4 aromatic carbocycles. The van der Waals surface area contributed by atoms with Crippen LogP contribution in [0.2, 0.25) is 0 Å². The molecule has 0 saturated carbocycles. The third-order valence-electron chi connectivity index (χ3n) is 10.8. The number of rotatable bonds is 12. The summed E-state index contributed by atoms with van der Waals surface area (Å²) in [5.41, 5.74) is 6.94. The summed E-state index contributed by atoms with van der Waals surface area (Å²) in [6.07, 6.45) is 3.84. The Labute approximate surface area is 326 Å². The molecule has 0 unspecified atom stereocenters. The zero-order valence-corrected chi connectivity index (χ0v) is 32.3. The summed E-state index contributed by atoms with van der Waals surface area (Å²) in [7, 11) is 0. The molecule has 9 nitrogen and oxygen atoms in total. The lowest BCUT2D eigenvalue weighted by Gasteiger charge is -2.39. The minimum absolute atomic E-state index is 0.0510. The van der Waals surface area contributed by atoms with E-state index in [2.05, 4.69) is 54.0 Å². The Morgan fingerprint density at radius 3 is 1.95 bits per heavy atom. The Morgan fingerprint density at radius 2 is 1.35 bits per heavy atom. The average molecular weight is 737 g/mol. The number of carbonyl (C=O) groups is 3. The van der Waals surface area contributed by atoms with Crippen molar-refractivity contribution in [3.05, 3.63) is 143 Å². The highest BCUT2D eigenvalue weighted by atomic mass is 16.2. The summed E-state index contributed by atoms with van der Waals surface area (Å²) in [6, 6.07) is 35.6. The topological polar surface area (TPSA) is 91.2 Å². The SMILES string of the molecule is CC(=O)N1CCN(c2ccc(CN(C(=O)C=Cc3ccc(C(C)C)cc3)[C@@H](Cc3ccccc3)C(=O)N3CCN(Cc4ccc(C#N)cc4)CC3)cc2)CC1. The quantitative estimate of drug-likeness (QED) is 0.158. The van der Waals surface area contributed by atoms with Crippen LogP contribution in [-0.4, -0.2) is 95.7 Å². The molecule has 0 bridgehead atoms. The Morgan fingerprint density at radius 1 is 0.727 bits per heavy atom. The number of hydrogen-bond acceptors (Lipinski definition) is 6. The van der Waals surface area contributed by atoms with Crippen molar-refractivity contribution in [1.29, 1.82) is 5.26 Å². The molecule has 0 spiro atoms. The molecule has 4 aromatic rings. The third kappa shape index (κ3) is 10.5. The van der Waals surface area contributed by atoms with Crippen LogP contribution >= 0.6 is 0 Å². The molecule has 0 aromatic heterocycles. The van der Waals surface area contributed by atoms with Gasteiger partial charge in [-0.1, -0.05) is 92.7 Å². The fourth-order valence-electron chi connectivity index (χ4n) is 7.33. The lowest BCUT2D eigenvalue weighted by Crippen LogP contribution is -2.56. The molecule has 1 atom stereocenters. The number of anilines is 1. The highest BCUT2D eigenvalue weighted by Crippen LogP contribution is 2.23. The van der Waals surface area contributed by atoms with E-state index in [0.29, 0.717) is 57.2 Å². The molecule has 2 heterocycles. The first-order chi connectivity index (χ1) is 26.7. The molecular formula is C46H52N6O3. The van der Waals surface area contributed by atoms with Gasteiger partial charge in [-0.2, -0.15) is 5.26 Å². The van der Waals surface area contributed by atoms with E-state index in [1.54, 1.807) is 17.9 Å². The monoisotopic (exact) mass is 736 g/mol. The maximum atomic E-state index is 14.7. The van der Waals surface area contributed by atoms with Gasteiger partial charge in [0.2, 0.25) is 17.7 Å². The van der Waals surface area contributed by atoms with Crippen LogP contribution in [0.5, 0.6) is 0 Å². The van der Waals surface area contributed by atoms with Gasteiger partial charge < -0.3 is 19.6 Å². The van der Waals surface area contributed by atoms with Crippen molar-refractivity contribution in [3.63, 3.8) is 0 Å². The van der Waals surface area contributed by atoms with Gasteiger partial charge in [-0.3, -0.25) is 19.3 Å². The molecule has 55 heavy (non-hydrogen) atoms. The molecule has 0 radical (unpaired) electrons. The van der Waals surface area contributed by atoms with Crippen LogP contribution in [0, 0.1) is 11.3 Å². The second-order valence-corrected chi connectivity index (χ2v) is 14.9. The van der Waals surface area contributed by atoms with Crippen LogP contribution in [0.4, 0.5) is 5.69 Å². The number of amides is 3. The van der Waals surface area contributed by atoms with E-state index in [1.165, 1.54) is 5.56 Å².